The molecule has 140 valence electrons. The maximum atomic E-state index is 13.3. The van der Waals surface area contributed by atoms with Crippen molar-refractivity contribution >= 4 is 16.6 Å². The Balaban J connectivity index is 2.04. The molecular weight excluding hydrogens is 350 g/mol. The lowest BCUT2D eigenvalue weighted by Gasteiger charge is -2.17. The Labute approximate surface area is 153 Å². The molecule has 27 heavy (non-hydrogen) atoms. The van der Waals surface area contributed by atoms with Crippen molar-refractivity contribution in [3.05, 3.63) is 46.8 Å². The molecule has 0 fully saturated rings. The highest BCUT2D eigenvalue weighted by Crippen LogP contribution is 2.25. The maximum Gasteiger partial charge on any atom is 0.278 e. The molecule has 3 aromatic heterocycles. The first-order valence-corrected chi connectivity index (χ1v) is 8.62. The van der Waals surface area contributed by atoms with Crippen molar-refractivity contribution in [3.63, 3.8) is 0 Å². The molecule has 4 aromatic rings. The van der Waals surface area contributed by atoms with Crippen molar-refractivity contribution in [1.29, 1.82) is 0 Å². The summed E-state index contributed by atoms with van der Waals surface area (Å²) >= 11 is 0. The normalized spacial score (nSPS) is 14.1. The fourth-order valence-electron chi connectivity index (χ4n) is 3.12. The number of hydrogen-bond donors (Lipinski definition) is 2. The average Bonchev–Trinajstić information content (AvgIpc) is 3.34. The number of aliphatic hydroxyl groups is 2. The summed E-state index contributed by atoms with van der Waals surface area (Å²) in [7, 11) is 0. The van der Waals surface area contributed by atoms with E-state index in [-0.39, 0.29) is 36.4 Å². The van der Waals surface area contributed by atoms with E-state index in [4.69, 9.17) is 4.52 Å². The Kier molecular flexibility index (Phi) is 4.25. The fourth-order valence-corrected chi connectivity index (χ4v) is 3.12. The summed E-state index contributed by atoms with van der Waals surface area (Å²) in [5, 5.41) is 22.8. The molecule has 0 spiro atoms. The number of nitrogens with zero attached hydrogens (tertiary/aromatic N) is 5. The predicted octanol–water partition coefficient (Wildman–Crippen LogP) is 1.35. The van der Waals surface area contributed by atoms with Gasteiger partial charge in [-0.25, -0.2) is 4.98 Å². The van der Waals surface area contributed by atoms with E-state index in [1.54, 1.807) is 29.1 Å². The molecule has 2 atom stereocenters. The third-order valence-electron chi connectivity index (χ3n) is 4.64. The Morgan fingerprint density at radius 1 is 1.15 bits per heavy atom. The highest BCUT2D eigenvalue weighted by Gasteiger charge is 2.23. The quantitative estimate of drug-likeness (QED) is 0.545. The molecule has 1 aromatic carbocycles. The zero-order valence-corrected chi connectivity index (χ0v) is 14.9. The molecule has 0 aliphatic heterocycles. The molecule has 4 rings (SSSR count). The number of fused-ring (bicyclic) bond motifs is 3. The number of hydrogen-bond acceptors (Lipinski definition) is 7. The Hall–Kier alpha value is -3.04. The van der Waals surface area contributed by atoms with E-state index < -0.39 is 6.04 Å². The number of benzene rings is 1. The van der Waals surface area contributed by atoms with E-state index in [2.05, 4.69) is 15.1 Å². The summed E-state index contributed by atoms with van der Waals surface area (Å²) in [6.07, 6.45) is 1.55. The second-order valence-electron chi connectivity index (χ2n) is 6.55. The van der Waals surface area contributed by atoms with Crippen LogP contribution in [-0.4, -0.2) is 47.5 Å². The first-order valence-electron chi connectivity index (χ1n) is 8.62. The van der Waals surface area contributed by atoms with Gasteiger partial charge >= 0.3 is 0 Å². The van der Waals surface area contributed by atoms with Gasteiger partial charge < -0.3 is 14.7 Å². The van der Waals surface area contributed by atoms with E-state index >= 15 is 0 Å². The van der Waals surface area contributed by atoms with Gasteiger partial charge in [0.15, 0.2) is 0 Å². The van der Waals surface area contributed by atoms with Crippen LogP contribution in [-0.2, 0) is 0 Å². The van der Waals surface area contributed by atoms with Crippen molar-refractivity contribution < 1.29 is 14.7 Å². The van der Waals surface area contributed by atoms with Crippen molar-refractivity contribution in [3.8, 4) is 11.5 Å². The van der Waals surface area contributed by atoms with Crippen LogP contribution in [0.4, 0.5) is 0 Å². The van der Waals surface area contributed by atoms with Crippen LogP contribution in [0.3, 0.4) is 0 Å². The monoisotopic (exact) mass is 369 g/mol. The second-order valence-corrected chi connectivity index (χ2v) is 6.55. The van der Waals surface area contributed by atoms with Gasteiger partial charge in [0, 0.05) is 0 Å². The number of para-hydroxylation sites is 2. The highest BCUT2D eigenvalue weighted by molar-refractivity contribution is 5.83. The number of aliphatic hydroxyl groups excluding tert-OH is 2. The van der Waals surface area contributed by atoms with Crippen LogP contribution < -0.4 is 5.56 Å². The molecule has 3 heterocycles. The number of rotatable bonds is 5. The lowest BCUT2D eigenvalue weighted by molar-refractivity contribution is 0.239. The van der Waals surface area contributed by atoms with E-state index in [9.17, 15) is 15.0 Å². The lowest BCUT2D eigenvalue weighted by atomic mass is 10.2. The van der Waals surface area contributed by atoms with Crippen LogP contribution in [0.2, 0.25) is 0 Å². The molecule has 9 nitrogen and oxygen atoms in total. The first-order chi connectivity index (χ1) is 13.1. The highest BCUT2D eigenvalue weighted by atomic mass is 16.5. The van der Waals surface area contributed by atoms with Crippen LogP contribution in [0.5, 0.6) is 0 Å². The third-order valence-corrected chi connectivity index (χ3v) is 4.64. The van der Waals surface area contributed by atoms with Gasteiger partial charge in [-0.15, -0.1) is 0 Å². The second kappa shape index (κ2) is 6.60. The minimum atomic E-state index is -0.412. The minimum absolute atomic E-state index is 0.128. The van der Waals surface area contributed by atoms with Gasteiger partial charge in [0.05, 0.1) is 36.2 Å². The molecule has 0 aliphatic carbocycles. The molecule has 0 saturated carbocycles. The van der Waals surface area contributed by atoms with Crippen LogP contribution >= 0.6 is 0 Å². The van der Waals surface area contributed by atoms with E-state index in [1.807, 2.05) is 24.3 Å². The largest absolute Gasteiger partial charge is 0.396 e. The van der Waals surface area contributed by atoms with E-state index in [0.29, 0.717) is 16.7 Å². The Morgan fingerprint density at radius 3 is 2.59 bits per heavy atom. The van der Waals surface area contributed by atoms with Crippen LogP contribution in [0.1, 0.15) is 31.7 Å². The average molecular weight is 369 g/mol. The van der Waals surface area contributed by atoms with Gasteiger partial charge in [-0.1, -0.05) is 24.2 Å². The summed E-state index contributed by atoms with van der Waals surface area (Å²) in [5.41, 5.74) is 1.77. The Bertz CT molecular complexity index is 1180. The van der Waals surface area contributed by atoms with Gasteiger partial charge in [0.25, 0.3) is 5.56 Å². The molecule has 0 radical (unpaired) electrons. The molecule has 2 unspecified atom stereocenters. The standard InChI is InChI=1S/C18H19N5O4/c1-10(7-24)17-20-16(21-27-17)14-15-18(26)23(11(2)8-25)13-6-4-3-5-12(13)22(15)9-19-14/h3-6,9-11,24-25H,7-8H2,1-2H3. The van der Waals surface area contributed by atoms with Gasteiger partial charge in [-0.3, -0.25) is 13.8 Å². The van der Waals surface area contributed by atoms with Crippen LogP contribution in [0.25, 0.3) is 28.1 Å². The maximum absolute atomic E-state index is 13.3. The molecular formula is C18H19N5O4. The van der Waals surface area contributed by atoms with Crippen molar-refractivity contribution in [2.75, 3.05) is 13.2 Å². The fraction of sp³-hybridized carbons (Fsp3) is 0.333. The van der Waals surface area contributed by atoms with Gasteiger partial charge in [-0.2, -0.15) is 4.98 Å². The van der Waals surface area contributed by atoms with Crippen molar-refractivity contribution in [2.24, 2.45) is 0 Å². The minimum Gasteiger partial charge on any atom is -0.396 e. The lowest BCUT2D eigenvalue weighted by Crippen LogP contribution is -2.27. The molecule has 0 aliphatic rings. The van der Waals surface area contributed by atoms with Gasteiger partial charge in [0.1, 0.15) is 17.5 Å². The topological polar surface area (TPSA) is 119 Å². The molecule has 9 heteroatoms. The summed E-state index contributed by atoms with van der Waals surface area (Å²) in [4.78, 5) is 21.9. The molecule has 0 bridgehead atoms. The zero-order chi connectivity index (χ0) is 19.1. The molecule has 0 amide bonds. The smallest absolute Gasteiger partial charge is 0.278 e. The van der Waals surface area contributed by atoms with Gasteiger partial charge in [-0.05, 0) is 19.1 Å². The van der Waals surface area contributed by atoms with Gasteiger partial charge in [0.2, 0.25) is 11.7 Å². The van der Waals surface area contributed by atoms with Crippen molar-refractivity contribution in [2.45, 2.75) is 25.8 Å². The molecule has 0 saturated heterocycles. The van der Waals surface area contributed by atoms with E-state index in [1.165, 1.54) is 0 Å². The van der Waals surface area contributed by atoms with Crippen molar-refractivity contribution in [1.82, 2.24) is 24.1 Å². The van der Waals surface area contributed by atoms with Crippen LogP contribution in [0.15, 0.2) is 39.9 Å². The summed E-state index contributed by atoms with van der Waals surface area (Å²) in [6, 6.07) is 7.01. The van der Waals surface area contributed by atoms with E-state index in [0.717, 1.165) is 5.52 Å². The first kappa shape index (κ1) is 17.4. The molecule has 2 N–H and O–H groups in total. The SMILES string of the molecule is CC(CO)c1nc(-c2ncn3c2c(=O)n(C(C)CO)c2ccccc23)no1. The zero-order valence-electron chi connectivity index (χ0n) is 14.9. The number of imidazole rings is 1. The summed E-state index contributed by atoms with van der Waals surface area (Å²) in [5.74, 6) is 0.147. The summed E-state index contributed by atoms with van der Waals surface area (Å²) < 4.78 is 8.44. The predicted molar refractivity (Wildman–Crippen MR) is 97.5 cm³/mol. The summed E-state index contributed by atoms with van der Waals surface area (Å²) in [6.45, 7) is 3.22. The Morgan fingerprint density at radius 2 is 1.89 bits per heavy atom. The third kappa shape index (κ3) is 2.63. The number of aromatic nitrogens is 5. The van der Waals surface area contributed by atoms with Crippen LogP contribution in [0, 0.1) is 0 Å².